The SMILES string of the molecule is c1ccc(-c2nc(-c3ccccc3-c3ccccc3)nc(-c3cccc4c3oc3cccc(-c5cccc6c5oc5ccccc56)c34)n2)cc1. The summed E-state index contributed by atoms with van der Waals surface area (Å²) in [5, 5.41) is 4.19. The molecule has 0 aliphatic heterocycles. The quantitative estimate of drug-likeness (QED) is 0.187. The van der Waals surface area contributed by atoms with Crippen molar-refractivity contribution >= 4 is 43.9 Å². The van der Waals surface area contributed by atoms with Gasteiger partial charge in [-0.05, 0) is 34.9 Å². The molecule has 0 spiro atoms. The molecule has 5 heteroatoms. The predicted octanol–water partition coefficient (Wildman–Crippen LogP) is 12.0. The zero-order valence-corrected chi connectivity index (χ0v) is 26.7. The number of hydrogen-bond donors (Lipinski definition) is 0. The lowest BCUT2D eigenvalue weighted by Crippen LogP contribution is -2.01. The molecule has 7 aromatic carbocycles. The molecule has 0 amide bonds. The Labute approximate surface area is 287 Å². The van der Waals surface area contributed by atoms with Gasteiger partial charge in [-0.25, -0.2) is 15.0 Å². The van der Waals surface area contributed by atoms with Crippen molar-refractivity contribution in [3.63, 3.8) is 0 Å². The smallest absolute Gasteiger partial charge is 0.167 e. The molecule has 0 aliphatic rings. The summed E-state index contributed by atoms with van der Waals surface area (Å²) >= 11 is 0. The summed E-state index contributed by atoms with van der Waals surface area (Å²) in [5.74, 6) is 1.74. The maximum atomic E-state index is 6.72. The van der Waals surface area contributed by atoms with Gasteiger partial charge in [-0.15, -0.1) is 0 Å². The van der Waals surface area contributed by atoms with Crippen LogP contribution in [0, 0.1) is 0 Å². The Morgan fingerprint density at radius 1 is 0.300 bits per heavy atom. The zero-order valence-electron chi connectivity index (χ0n) is 26.7. The van der Waals surface area contributed by atoms with Gasteiger partial charge in [0.1, 0.15) is 22.3 Å². The van der Waals surface area contributed by atoms with Crippen LogP contribution in [0.2, 0.25) is 0 Å². The molecule has 0 unspecified atom stereocenters. The molecule has 10 rings (SSSR count). The van der Waals surface area contributed by atoms with Crippen molar-refractivity contribution in [1.82, 2.24) is 15.0 Å². The fraction of sp³-hybridized carbons (Fsp3) is 0. The highest BCUT2D eigenvalue weighted by Gasteiger charge is 2.22. The van der Waals surface area contributed by atoms with Crippen LogP contribution in [0.15, 0.2) is 173 Å². The minimum absolute atomic E-state index is 0.544. The van der Waals surface area contributed by atoms with E-state index in [1.807, 2.05) is 97.1 Å². The van der Waals surface area contributed by atoms with Crippen LogP contribution in [0.25, 0.3) is 100 Å². The maximum absolute atomic E-state index is 6.72. The Hall–Kier alpha value is -6.85. The van der Waals surface area contributed by atoms with Crippen LogP contribution in [-0.4, -0.2) is 15.0 Å². The van der Waals surface area contributed by atoms with E-state index < -0.39 is 0 Å². The maximum Gasteiger partial charge on any atom is 0.167 e. The van der Waals surface area contributed by atoms with Gasteiger partial charge in [-0.3, -0.25) is 0 Å². The number of benzene rings is 7. The summed E-state index contributed by atoms with van der Waals surface area (Å²) in [7, 11) is 0. The van der Waals surface area contributed by atoms with Gasteiger partial charge in [0.05, 0.1) is 5.56 Å². The minimum Gasteiger partial charge on any atom is -0.455 e. The normalized spacial score (nSPS) is 11.6. The highest BCUT2D eigenvalue weighted by atomic mass is 16.3. The van der Waals surface area contributed by atoms with Crippen LogP contribution in [0.4, 0.5) is 0 Å². The highest BCUT2D eigenvalue weighted by molar-refractivity contribution is 6.18. The van der Waals surface area contributed by atoms with Crippen LogP contribution in [0.1, 0.15) is 0 Å². The van der Waals surface area contributed by atoms with Crippen LogP contribution >= 0.6 is 0 Å². The molecule has 0 atom stereocenters. The Bertz CT molecular complexity index is 2870. The lowest BCUT2D eigenvalue weighted by atomic mass is 9.97. The standard InChI is InChI=1S/C45H27N3O2/c1-3-14-28(15-4-1)30-18-7-8-20-35(30)44-46-43(29-16-5-2-6-17-29)47-45(48-44)37-25-12-24-36-40-32(21-13-27-39(40)50-42(36)37)34-23-11-22-33-31-19-9-10-26-38(31)49-41(33)34/h1-27H. The second-order valence-corrected chi connectivity index (χ2v) is 12.3. The van der Waals surface area contributed by atoms with Gasteiger partial charge < -0.3 is 8.83 Å². The molecule has 0 radical (unpaired) electrons. The van der Waals surface area contributed by atoms with E-state index in [9.17, 15) is 0 Å². The van der Waals surface area contributed by atoms with Crippen molar-refractivity contribution in [3.8, 4) is 56.4 Å². The number of furan rings is 2. The van der Waals surface area contributed by atoms with Gasteiger partial charge >= 0.3 is 0 Å². The van der Waals surface area contributed by atoms with E-state index in [0.717, 1.165) is 82.8 Å². The molecule has 50 heavy (non-hydrogen) atoms. The predicted molar refractivity (Wildman–Crippen MR) is 202 cm³/mol. The van der Waals surface area contributed by atoms with E-state index in [1.54, 1.807) is 0 Å². The molecule has 3 aromatic heterocycles. The fourth-order valence-electron chi connectivity index (χ4n) is 7.09. The summed E-state index contributed by atoms with van der Waals surface area (Å²) in [5.41, 5.74) is 10.1. The lowest BCUT2D eigenvalue weighted by Gasteiger charge is -2.12. The molecular formula is C45H27N3O2. The number of para-hydroxylation sites is 3. The number of fused-ring (bicyclic) bond motifs is 6. The van der Waals surface area contributed by atoms with Gasteiger partial charge in [0.2, 0.25) is 0 Å². The molecule has 5 nitrogen and oxygen atoms in total. The van der Waals surface area contributed by atoms with Crippen molar-refractivity contribution in [1.29, 1.82) is 0 Å². The summed E-state index contributed by atoms with van der Waals surface area (Å²) in [6.07, 6.45) is 0. The Balaban J connectivity index is 1.21. The number of rotatable bonds is 5. The highest BCUT2D eigenvalue weighted by Crippen LogP contribution is 2.43. The molecular weight excluding hydrogens is 615 g/mol. The third-order valence-electron chi connectivity index (χ3n) is 9.38. The van der Waals surface area contributed by atoms with E-state index >= 15 is 0 Å². The second kappa shape index (κ2) is 11.4. The number of aromatic nitrogens is 3. The Morgan fingerprint density at radius 2 is 0.800 bits per heavy atom. The Kier molecular flexibility index (Phi) is 6.42. The summed E-state index contributed by atoms with van der Waals surface area (Å²) in [6.45, 7) is 0. The lowest BCUT2D eigenvalue weighted by molar-refractivity contribution is 0.669. The first-order chi connectivity index (χ1) is 24.8. The van der Waals surface area contributed by atoms with Crippen LogP contribution in [0.3, 0.4) is 0 Å². The molecule has 234 valence electrons. The van der Waals surface area contributed by atoms with Gasteiger partial charge in [0.25, 0.3) is 0 Å². The summed E-state index contributed by atoms with van der Waals surface area (Å²) in [4.78, 5) is 15.3. The number of hydrogen-bond acceptors (Lipinski definition) is 5. The van der Waals surface area contributed by atoms with Crippen molar-refractivity contribution < 1.29 is 8.83 Å². The zero-order chi connectivity index (χ0) is 33.0. The van der Waals surface area contributed by atoms with E-state index in [-0.39, 0.29) is 0 Å². The second-order valence-electron chi connectivity index (χ2n) is 12.3. The van der Waals surface area contributed by atoms with Gasteiger partial charge in [0, 0.05) is 38.2 Å². The molecule has 0 aliphatic carbocycles. The van der Waals surface area contributed by atoms with E-state index in [1.165, 1.54) is 0 Å². The minimum atomic E-state index is 0.544. The van der Waals surface area contributed by atoms with Gasteiger partial charge in [-0.1, -0.05) is 146 Å². The molecule has 0 saturated carbocycles. The summed E-state index contributed by atoms with van der Waals surface area (Å²) in [6, 6.07) is 55.5. The fourth-order valence-corrected chi connectivity index (χ4v) is 7.09. The van der Waals surface area contributed by atoms with Crippen molar-refractivity contribution in [3.05, 3.63) is 164 Å². The van der Waals surface area contributed by atoms with Crippen LogP contribution in [0.5, 0.6) is 0 Å². The van der Waals surface area contributed by atoms with Crippen molar-refractivity contribution in [2.24, 2.45) is 0 Å². The molecule has 10 aromatic rings. The van der Waals surface area contributed by atoms with E-state index in [2.05, 4.69) is 66.7 Å². The van der Waals surface area contributed by atoms with E-state index in [0.29, 0.717) is 17.5 Å². The third kappa shape index (κ3) is 4.52. The average Bonchev–Trinajstić information content (AvgIpc) is 3.77. The summed E-state index contributed by atoms with van der Waals surface area (Å²) < 4.78 is 13.2. The first-order valence-corrected chi connectivity index (χ1v) is 16.6. The monoisotopic (exact) mass is 641 g/mol. The van der Waals surface area contributed by atoms with Crippen molar-refractivity contribution in [2.45, 2.75) is 0 Å². The molecule has 0 saturated heterocycles. The Morgan fingerprint density at radius 3 is 1.62 bits per heavy atom. The number of nitrogens with zero attached hydrogens (tertiary/aromatic N) is 3. The largest absolute Gasteiger partial charge is 0.455 e. The first-order valence-electron chi connectivity index (χ1n) is 16.6. The van der Waals surface area contributed by atoms with Gasteiger partial charge in [0.15, 0.2) is 17.5 Å². The van der Waals surface area contributed by atoms with Crippen LogP contribution in [-0.2, 0) is 0 Å². The molecule has 0 bridgehead atoms. The molecule has 3 heterocycles. The van der Waals surface area contributed by atoms with Gasteiger partial charge in [-0.2, -0.15) is 0 Å². The van der Waals surface area contributed by atoms with Crippen molar-refractivity contribution in [2.75, 3.05) is 0 Å². The average molecular weight is 642 g/mol. The van der Waals surface area contributed by atoms with E-state index in [4.69, 9.17) is 23.8 Å². The topological polar surface area (TPSA) is 65.0 Å². The molecule has 0 N–H and O–H groups in total. The van der Waals surface area contributed by atoms with Crippen LogP contribution < -0.4 is 0 Å². The third-order valence-corrected chi connectivity index (χ3v) is 9.38. The first kappa shape index (κ1) is 28.2. The molecule has 0 fully saturated rings.